The van der Waals surface area contributed by atoms with E-state index in [1.807, 2.05) is 30.3 Å². The zero-order valence-electron chi connectivity index (χ0n) is 16.9. The lowest BCUT2D eigenvalue weighted by atomic mass is 10.1. The molecule has 0 saturated heterocycles. The SMILES string of the molecule is C=CCn1c(SCc2csc(-c3ccccc3C)n2)nnc1-c1cccc(OC)c1. The molecule has 0 radical (unpaired) electrons. The molecule has 30 heavy (non-hydrogen) atoms. The van der Waals surface area contributed by atoms with Gasteiger partial charge in [0, 0.05) is 28.8 Å². The summed E-state index contributed by atoms with van der Waals surface area (Å²) in [4.78, 5) is 4.82. The van der Waals surface area contributed by atoms with E-state index in [0.29, 0.717) is 6.54 Å². The first-order valence-corrected chi connectivity index (χ1v) is 11.4. The minimum Gasteiger partial charge on any atom is -0.497 e. The van der Waals surface area contributed by atoms with Crippen molar-refractivity contribution in [3.63, 3.8) is 0 Å². The molecule has 0 bridgehead atoms. The van der Waals surface area contributed by atoms with Crippen molar-refractivity contribution in [1.82, 2.24) is 19.7 Å². The number of allylic oxidation sites excluding steroid dienone is 1. The van der Waals surface area contributed by atoms with Crippen LogP contribution in [0.15, 0.2) is 71.7 Å². The Kier molecular flexibility index (Phi) is 6.30. The summed E-state index contributed by atoms with van der Waals surface area (Å²) in [6.07, 6.45) is 1.86. The molecular formula is C23H22N4OS2. The van der Waals surface area contributed by atoms with Crippen LogP contribution in [0.25, 0.3) is 22.0 Å². The van der Waals surface area contributed by atoms with Gasteiger partial charge in [0.1, 0.15) is 10.8 Å². The van der Waals surface area contributed by atoms with Crippen LogP contribution in [0.1, 0.15) is 11.3 Å². The molecule has 0 unspecified atom stereocenters. The standard InChI is InChI=1S/C23H22N4OS2/c1-4-12-27-21(17-9-7-10-19(13-17)28-3)25-26-23(27)30-15-18-14-29-22(24-18)20-11-6-5-8-16(20)2/h4-11,13-14H,1,12,15H2,2-3H3. The average molecular weight is 435 g/mol. The lowest BCUT2D eigenvalue weighted by Crippen LogP contribution is -2.01. The largest absolute Gasteiger partial charge is 0.497 e. The average Bonchev–Trinajstić information content (AvgIpc) is 3.40. The van der Waals surface area contributed by atoms with Crippen molar-refractivity contribution >= 4 is 23.1 Å². The van der Waals surface area contributed by atoms with Gasteiger partial charge in [0.15, 0.2) is 11.0 Å². The molecule has 4 aromatic rings. The molecule has 5 nitrogen and oxygen atoms in total. The highest BCUT2D eigenvalue weighted by Crippen LogP contribution is 2.31. The summed E-state index contributed by atoms with van der Waals surface area (Å²) in [7, 11) is 1.66. The van der Waals surface area contributed by atoms with Crippen LogP contribution >= 0.6 is 23.1 Å². The van der Waals surface area contributed by atoms with Gasteiger partial charge >= 0.3 is 0 Å². The third kappa shape index (κ3) is 4.32. The molecule has 0 fully saturated rings. The molecule has 2 aromatic carbocycles. The topological polar surface area (TPSA) is 52.8 Å². The molecule has 0 aliphatic carbocycles. The fourth-order valence-corrected chi connectivity index (χ4v) is 4.97. The van der Waals surface area contributed by atoms with Crippen LogP contribution in [0, 0.1) is 6.92 Å². The van der Waals surface area contributed by atoms with Crippen molar-refractivity contribution in [3.8, 4) is 27.7 Å². The quantitative estimate of drug-likeness (QED) is 0.257. The van der Waals surface area contributed by atoms with Gasteiger partial charge in [-0.15, -0.1) is 28.1 Å². The van der Waals surface area contributed by atoms with E-state index >= 15 is 0 Å². The van der Waals surface area contributed by atoms with Gasteiger partial charge in [0.05, 0.1) is 12.8 Å². The number of hydrogen-bond donors (Lipinski definition) is 0. The Hall–Kier alpha value is -2.90. The highest BCUT2D eigenvalue weighted by Gasteiger charge is 2.15. The van der Waals surface area contributed by atoms with Crippen molar-refractivity contribution in [2.45, 2.75) is 24.4 Å². The number of methoxy groups -OCH3 is 1. The first-order valence-electron chi connectivity index (χ1n) is 9.51. The predicted molar refractivity (Wildman–Crippen MR) is 124 cm³/mol. The fraction of sp³-hybridized carbons (Fsp3) is 0.174. The molecule has 0 spiro atoms. The summed E-state index contributed by atoms with van der Waals surface area (Å²) in [5, 5.41) is 12.9. The van der Waals surface area contributed by atoms with Gasteiger partial charge in [0.25, 0.3) is 0 Å². The molecule has 152 valence electrons. The van der Waals surface area contributed by atoms with E-state index in [-0.39, 0.29) is 0 Å². The summed E-state index contributed by atoms with van der Waals surface area (Å²) < 4.78 is 7.42. The minimum absolute atomic E-state index is 0.632. The highest BCUT2D eigenvalue weighted by molar-refractivity contribution is 7.98. The number of hydrogen-bond acceptors (Lipinski definition) is 6. The summed E-state index contributed by atoms with van der Waals surface area (Å²) in [6, 6.07) is 16.2. The van der Waals surface area contributed by atoms with Crippen LogP contribution in [0.3, 0.4) is 0 Å². The Balaban J connectivity index is 1.55. The molecule has 7 heteroatoms. The maximum atomic E-state index is 5.35. The summed E-state index contributed by atoms with van der Waals surface area (Å²) >= 11 is 3.31. The van der Waals surface area contributed by atoms with Gasteiger partial charge in [-0.2, -0.15) is 0 Å². The first kappa shape index (κ1) is 20.4. The number of rotatable bonds is 8. The Morgan fingerprint density at radius 1 is 1.17 bits per heavy atom. The van der Waals surface area contributed by atoms with Gasteiger partial charge in [-0.25, -0.2) is 4.98 Å². The fourth-order valence-electron chi connectivity index (χ4n) is 3.11. The van der Waals surface area contributed by atoms with E-state index in [9.17, 15) is 0 Å². The van der Waals surface area contributed by atoms with Crippen LogP contribution in [-0.4, -0.2) is 26.9 Å². The number of ether oxygens (including phenoxy) is 1. The normalized spacial score (nSPS) is 10.9. The lowest BCUT2D eigenvalue weighted by Gasteiger charge is -2.08. The molecular weight excluding hydrogens is 412 g/mol. The van der Waals surface area contributed by atoms with Crippen LogP contribution in [0.5, 0.6) is 5.75 Å². The van der Waals surface area contributed by atoms with Crippen molar-refractivity contribution in [1.29, 1.82) is 0 Å². The second-order valence-electron chi connectivity index (χ2n) is 6.69. The van der Waals surface area contributed by atoms with Gasteiger partial charge in [0.2, 0.25) is 0 Å². The summed E-state index contributed by atoms with van der Waals surface area (Å²) in [5.74, 6) is 2.33. The van der Waals surface area contributed by atoms with Crippen LogP contribution in [0.2, 0.25) is 0 Å². The zero-order valence-corrected chi connectivity index (χ0v) is 18.5. The Labute approximate surface area is 184 Å². The Bertz CT molecular complexity index is 1170. The first-order chi connectivity index (χ1) is 14.7. The summed E-state index contributed by atoms with van der Waals surface area (Å²) in [5.41, 5.74) is 4.43. The van der Waals surface area contributed by atoms with Gasteiger partial charge < -0.3 is 4.74 Å². The van der Waals surface area contributed by atoms with E-state index < -0.39 is 0 Å². The molecule has 0 N–H and O–H groups in total. The molecule has 2 aromatic heterocycles. The smallest absolute Gasteiger partial charge is 0.192 e. The molecule has 0 saturated carbocycles. The van der Waals surface area contributed by atoms with Crippen LogP contribution in [-0.2, 0) is 12.3 Å². The van der Waals surface area contributed by atoms with Gasteiger partial charge in [-0.3, -0.25) is 4.57 Å². The number of thiazole rings is 1. The molecule has 4 rings (SSSR count). The van der Waals surface area contributed by atoms with Gasteiger partial charge in [-0.1, -0.05) is 54.2 Å². The van der Waals surface area contributed by atoms with Crippen molar-refractivity contribution < 1.29 is 4.74 Å². The van der Waals surface area contributed by atoms with E-state index in [1.54, 1.807) is 30.2 Å². The van der Waals surface area contributed by atoms with Crippen LogP contribution < -0.4 is 4.74 Å². The number of benzene rings is 2. The third-order valence-electron chi connectivity index (χ3n) is 4.63. The number of nitrogens with zero attached hydrogens (tertiary/aromatic N) is 4. The number of aryl methyl sites for hydroxylation is 1. The van der Waals surface area contributed by atoms with Crippen molar-refractivity contribution in [3.05, 3.63) is 77.8 Å². The molecule has 2 heterocycles. The predicted octanol–water partition coefficient (Wildman–Crippen LogP) is 5.86. The summed E-state index contributed by atoms with van der Waals surface area (Å²) in [6.45, 7) is 6.63. The second kappa shape index (κ2) is 9.28. The third-order valence-corrected chi connectivity index (χ3v) is 6.56. The molecule has 0 aliphatic rings. The second-order valence-corrected chi connectivity index (χ2v) is 8.49. The number of thioether (sulfide) groups is 1. The van der Waals surface area contributed by atoms with E-state index in [4.69, 9.17) is 9.72 Å². The van der Waals surface area contributed by atoms with Gasteiger partial charge in [-0.05, 0) is 24.6 Å². The van der Waals surface area contributed by atoms with Crippen LogP contribution in [0.4, 0.5) is 0 Å². The molecule has 0 amide bonds. The monoisotopic (exact) mass is 434 g/mol. The maximum absolute atomic E-state index is 5.35. The lowest BCUT2D eigenvalue weighted by molar-refractivity contribution is 0.415. The van der Waals surface area contributed by atoms with E-state index in [0.717, 1.165) is 38.7 Å². The van der Waals surface area contributed by atoms with Crippen molar-refractivity contribution in [2.75, 3.05) is 7.11 Å². The van der Waals surface area contributed by atoms with Crippen molar-refractivity contribution in [2.24, 2.45) is 0 Å². The van der Waals surface area contributed by atoms with E-state index in [1.165, 1.54) is 11.1 Å². The number of aromatic nitrogens is 4. The zero-order chi connectivity index (χ0) is 20.9. The highest BCUT2D eigenvalue weighted by atomic mass is 32.2. The Morgan fingerprint density at radius 2 is 2.03 bits per heavy atom. The Morgan fingerprint density at radius 3 is 2.83 bits per heavy atom. The maximum Gasteiger partial charge on any atom is 0.192 e. The molecule has 0 aliphatic heterocycles. The minimum atomic E-state index is 0.632. The molecule has 0 atom stereocenters. The van der Waals surface area contributed by atoms with E-state index in [2.05, 4.69) is 57.9 Å².